The Morgan fingerprint density at radius 3 is 2.64 bits per heavy atom. The first-order valence-corrected chi connectivity index (χ1v) is 12.8. The summed E-state index contributed by atoms with van der Waals surface area (Å²) in [5, 5.41) is 21.3. The molecule has 3 saturated carbocycles. The number of hydrogen-bond acceptors (Lipinski definition) is 6. The van der Waals surface area contributed by atoms with Gasteiger partial charge >= 0.3 is 5.97 Å². The van der Waals surface area contributed by atoms with E-state index in [4.69, 9.17) is 16.3 Å². The highest BCUT2D eigenvalue weighted by molar-refractivity contribution is 6.21. The fourth-order valence-corrected chi connectivity index (χ4v) is 8.84. The molecular weight excluding hydrogens is 444 g/mol. The zero-order valence-electron chi connectivity index (χ0n) is 20.1. The van der Waals surface area contributed by atoms with Gasteiger partial charge in [0.2, 0.25) is 5.78 Å². The van der Waals surface area contributed by atoms with Gasteiger partial charge in [-0.05, 0) is 61.3 Å². The van der Waals surface area contributed by atoms with E-state index in [1.807, 2.05) is 20.8 Å². The van der Waals surface area contributed by atoms with Crippen LogP contribution in [0.2, 0.25) is 0 Å². The summed E-state index contributed by atoms with van der Waals surface area (Å²) in [4.78, 5) is 38.2. The van der Waals surface area contributed by atoms with Crippen molar-refractivity contribution in [2.75, 3.05) is 6.61 Å². The number of aliphatic hydroxyl groups is 2. The number of carbonyl (C=O) groups is 3. The number of aliphatic hydroxyl groups excluding tert-OH is 2. The Bertz CT molecular complexity index is 884. The van der Waals surface area contributed by atoms with Crippen molar-refractivity contribution in [1.82, 2.24) is 0 Å². The van der Waals surface area contributed by atoms with Crippen LogP contribution in [-0.4, -0.2) is 51.4 Å². The molecule has 0 radical (unpaired) electrons. The molecule has 9 atom stereocenters. The molecule has 0 saturated heterocycles. The number of ketones is 2. The first kappa shape index (κ1) is 24.9. The Kier molecular flexibility index (Phi) is 6.37. The van der Waals surface area contributed by atoms with E-state index in [0.29, 0.717) is 32.1 Å². The van der Waals surface area contributed by atoms with Crippen LogP contribution in [0.15, 0.2) is 11.6 Å². The quantitative estimate of drug-likeness (QED) is 0.460. The highest BCUT2D eigenvalue weighted by Crippen LogP contribution is 2.70. The van der Waals surface area contributed by atoms with Crippen molar-refractivity contribution >= 4 is 29.1 Å². The second-order valence-corrected chi connectivity index (χ2v) is 11.9. The molecule has 33 heavy (non-hydrogen) atoms. The Morgan fingerprint density at radius 2 is 2.00 bits per heavy atom. The summed E-state index contributed by atoms with van der Waals surface area (Å²) in [6.07, 6.45) is 4.41. The van der Waals surface area contributed by atoms with Crippen molar-refractivity contribution in [3.05, 3.63) is 11.6 Å². The predicted molar refractivity (Wildman–Crippen MR) is 123 cm³/mol. The highest BCUT2D eigenvalue weighted by Gasteiger charge is 2.73. The summed E-state index contributed by atoms with van der Waals surface area (Å²) >= 11 is 7.02. The Labute approximate surface area is 201 Å². The summed E-state index contributed by atoms with van der Waals surface area (Å²) in [6, 6.07) is 0. The molecule has 0 spiro atoms. The van der Waals surface area contributed by atoms with Gasteiger partial charge in [0.15, 0.2) is 11.4 Å². The molecule has 6 nitrogen and oxygen atoms in total. The fourth-order valence-electron chi connectivity index (χ4n) is 8.34. The average Bonchev–Trinajstić information content (AvgIpc) is 2.96. The standard InChI is InChI=1S/C26H37ClO6/c1-5-6-21(32)33-26(20(31)13-28)14(2)9-17-22-18(27)11-15-10-16(29)7-8-24(15,3)23(22)19(30)12-25(17,26)4/h10,14,17-19,22-23,28,30H,5-9,11-13H2,1-4H3/t14?,17-,18?,19?,22+,23-,24-,25-,26-/m0/s1. The molecule has 4 aliphatic rings. The molecule has 4 rings (SSSR count). The van der Waals surface area contributed by atoms with Gasteiger partial charge < -0.3 is 14.9 Å². The van der Waals surface area contributed by atoms with Gasteiger partial charge in [-0.2, -0.15) is 0 Å². The number of carbonyl (C=O) groups excluding carboxylic acids is 3. The molecule has 184 valence electrons. The van der Waals surface area contributed by atoms with Gasteiger partial charge in [0.25, 0.3) is 0 Å². The van der Waals surface area contributed by atoms with Gasteiger partial charge in [-0.3, -0.25) is 14.4 Å². The maximum Gasteiger partial charge on any atom is 0.306 e. The van der Waals surface area contributed by atoms with E-state index in [1.54, 1.807) is 6.08 Å². The first-order valence-electron chi connectivity index (χ1n) is 12.4. The molecule has 0 aromatic heterocycles. The smallest absolute Gasteiger partial charge is 0.306 e. The van der Waals surface area contributed by atoms with E-state index in [2.05, 4.69) is 6.92 Å². The molecule has 4 aliphatic carbocycles. The largest absolute Gasteiger partial charge is 0.450 e. The van der Waals surface area contributed by atoms with Crippen LogP contribution < -0.4 is 0 Å². The van der Waals surface area contributed by atoms with Crippen molar-refractivity contribution in [1.29, 1.82) is 0 Å². The van der Waals surface area contributed by atoms with Gasteiger partial charge in [-0.25, -0.2) is 0 Å². The number of allylic oxidation sites excluding steroid dienone is 1. The van der Waals surface area contributed by atoms with Gasteiger partial charge in [0, 0.05) is 29.6 Å². The molecule has 0 aliphatic heterocycles. The summed E-state index contributed by atoms with van der Waals surface area (Å²) in [5.41, 5.74) is -1.62. The van der Waals surface area contributed by atoms with Crippen LogP contribution >= 0.6 is 11.6 Å². The van der Waals surface area contributed by atoms with Crippen LogP contribution in [0.25, 0.3) is 0 Å². The molecule has 0 aromatic carbocycles. The zero-order valence-corrected chi connectivity index (χ0v) is 20.9. The molecule has 0 aromatic rings. The van der Waals surface area contributed by atoms with E-state index < -0.39 is 35.5 Å². The number of fused-ring (bicyclic) bond motifs is 5. The second kappa shape index (κ2) is 8.46. The zero-order chi connectivity index (χ0) is 24.3. The molecular formula is C26H37ClO6. The number of rotatable bonds is 5. The Morgan fingerprint density at radius 1 is 1.30 bits per heavy atom. The third-order valence-corrected chi connectivity index (χ3v) is 10.2. The number of Topliss-reactive ketones (excluding diaryl/α,β-unsaturated/α-hetero) is 1. The van der Waals surface area contributed by atoms with Crippen LogP contribution in [0, 0.1) is 34.5 Å². The molecule has 0 heterocycles. The topological polar surface area (TPSA) is 101 Å². The lowest BCUT2D eigenvalue weighted by Gasteiger charge is -2.61. The summed E-state index contributed by atoms with van der Waals surface area (Å²) in [5.74, 6) is -1.40. The maximum absolute atomic E-state index is 13.3. The molecule has 7 heteroatoms. The minimum absolute atomic E-state index is 0.0515. The minimum Gasteiger partial charge on any atom is -0.450 e. The maximum atomic E-state index is 13.3. The number of esters is 1. The van der Waals surface area contributed by atoms with Crippen molar-refractivity contribution in [2.45, 2.75) is 89.7 Å². The van der Waals surface area contributed by atoms with E-state index in [0.717, 1.165) is 5.57 Å². The molecule has 3 unspecified atom stereocenters. The van der Waals surface area contributed by atoms with Crippen molar-refractivity contribution in [3.63, 3.8) is 0 Å². The van der Waals surface area contributed by atoms with Crippen LogP contribution in [0.4, 0.5) is 0 Å². The fraction of sp³-hybridized carbons (Fsp3) is 0.808. The van der Waals surface area contributed by atoms with E-state index in [-0.39, 0.29) is 53.1 Å². The lowest BCUT2D eigenvalue weighted by Crippen LogP contribution is -2.65. The SMILES string of the molecule is CCCC(=O)O[C@]1(C(=O)CO)C(C)C[C@H]2[C@@H]3C(Cl)CC4=CC(=O)CC[C@]4(C)[C@H]3C(O)C[C@@]21C. The lowest BCUT2D eigenvalue weighted by atomic mass is 9.45. The van der Waals surface area contributed by atoms with Crippen LogP contribution in [0.1, 0.15) is 72.6 Å². The van der Waals surface area contributed by atoms with Crippen LogP contribution in [-0.2, 0) is 19.1 Å². The normalized spacial score (nSPS) is 46.6. The number of alkyl halides is 1. The summed E-state index contributed by atoms with van der Waals surface area (Å²) < 4.78 is 6.03. The molecule has 2 N–H and O–H groups in total. The molecule has 3 fully saturated rings. The van der Waals surface area contributed by atoms with Gasteiger partial charge in [-0.1, -0.05) is 33.3 Å². The van der Waals surface area contributed by atoms with Gasteiger partial charge in [0.05, 0.1) is 6.10 Å². The minimum atomic E-state index is -1.49. The average molecular weight is 481 g/mol. The second-order valence-electron chi connectivity index (χ2n) is 11.3. The van der Waals surface area contributed by atoms with E-state index >= 15 is 0 Å². The van der Waals surface area contributed by atoms with Crippen molar-refractivity contribution < 1.29 is 29.3 Å². The molecule has 0 bridgehead atoms. The number of hydrogen-bond donors (Lipinski definition) is 2. The first-order chi connectivity index (χ1) is 15.5. The Hall–Kier alpha value is -1.24. The third-order valence-electron chi connectivity index (χ3n) is 9.71. The van der Waals surface area contributed by atoms with E-state index in [9.17, 15) is 24.6 Å². The third kappa shape index (κ3) is 3.38. The number of ether oxygens (including phenoxy) is 1. The lowest BCUT2D eigenvalue weighted by molar-refractivity contribution is -0.206. The van der Waals surface area contributed by atoms with Crippen molar-refractivity contribution in [2.24, 2.45) is 34.5 Å². The number of halogens is 1. The van der Waals surface area contributed by atoms with Gasteiger partial charge in [-0.15, -0.1) is 11.6 Å². The van der Waals surface area contributed by atoms with Gasteiger partial charge in [0.1, 0.15) is 6.61 Å². The highest BCUT2D eigenvalue weighted by atomic mass is 35.5. The van der Waals surface area contributed by atoms with E-state index in [1.165, 1.54) is 0 Å². The predicted octanol–water partition coefficient (Wildman–Crippen LogP) is 3.60. The molecule has 0 amide bonds. The summed E-state index contributed by atoms with van der Waals surface area (Å²) in [7, 11) is 0. The summed E-state index contributed by atoms with van der Waals surface area (Å²) in [6.45, 7) is 7.15. The van der Waals surface area contributed by atoms with Crippen molar-refractivity contribution in [3.8, 4) is 0 Å². The van der Waals surface area contributed by atoms with Crippen LogP contribution in [0.5, 0.6) is 0 Å². The monoisotopic (exact) mass is 480 g/mol. The van der Waals surface area contributed by atoms with Crippen LogP contribution in [0.3, 0.4) is 0 Å². The Balaban J connectivity index is 1.81.